The molecule has 7 heteroatoms. The van der Waals surface area contributed by atoms with Crippen molar-refractivity contribution in [1.82, 2.24) is 4.90 Å². The molecule has 1 saturated heterocycles. The number of nitrogens with one attached hydrogen (secondary N) is 1. The van der Waals surface area contributed by atoms with Gasteiger partial charge in [0, 0.05) is 37.6 Å². The average molecular weight is 462 g/mol. The summed E-state index contributed by atoms with van der Waals surface area (Å²) >= 11 is 0. The van der Waals surface area contributed by atoms with E-state index in [0.29, 0.717) is 26.3 Å². The van der Waals surface area contributed by atoms with Gasteiger partial charge in [0.05, 0.1) is 27.4 Å². The Bertz CT molecular complexity index is 1060. The number of hydrogen-bond acceptors (Lipinski definition) is 5. The van der Waals surface area contributed by atoms with Crippen molar-refractivity contribution in [2.45, 2.75) is 13.2 Å². The lowest BCUT2D eigenvalue weighted by Gasteiger charge is -2.36. The number of methoxy groups -OCH3 is 2. The van der Waals surface area contributed by atoms with E-state index < -0.39 is 0 Å². The highest BCUT2D eigenvalue weighted by atomic mass is 16.5. The predicted octanol–water partition coefficient (Wildman–Crippen LogP) is 4.77. The Morgan fingerprint density at radius 2 is 1.41 bits per heavy atom. The molecule has 1 aliphatic heterocycles. The molecular weight excluding hydrogens is 430 g/mol. The Morgan fingerprint density at radius 1 is 0.794 bits per heavy atom. The number of piperazine rings is 1. The Kier molecular flexibility index (Phi) is 7.88. The summed E-state index contributed by atoms with van der Waals surface area (Å²) in [6.07, 6.45) is 0. The van der Waals surface area contributed by atoms with Gasteiger partial charge in [-0.1, -0.05) is 24.3 Å². The largest absolute Gasteiger partial charge is 0.497 e. The van der Waals surface area contributed by atoms with Gasteiger partial charge in [0.15, 0.2) is 0 Å². The lowest BCUT2D eigenvalue weighted by atomic mass is 10.2. The van der Waals surface area contributed by atoms with Crippen molar-refractivity contribution in [3.8, 4) is 11.5 Å². The summed E-state index contributed by atoms with van der Waals surface area (Å²) < 4.78 is 16.3. The van der Waals surface area contributed by atoms with Gasteiger partial charge in [-0.05, 0) is 59.7 Å². The van der Waals surface area contributed by atoms with E-state index in [9.17, 15) is 4.79 Å². The molecule has 1 aliphatic rings. The molecule has 2 amide bonds. The summed E-state index contributed by atoms with van der Waals surface area (Å²) in [5.41, 5.74) is 4.01. The number of carbonyl (C=O) groups is 1. The summed E-state index contributed by atoms with van der Waals surface area (Å²) in [5.74, 6) is 1.67. The molecule has 0 bridgehead atoms. The summed E-state index contributed by atoms with van der Waals surface area (Å²) in [6.45, 7) is 3.90. The minimum atomic E-state index is -0.0781. The number of carbonyl (C=O) groups excluding carboxylic acids is 1. The van der Waals surface area contributed by atoms with Crippen molar-refractivity contribution in [2.75, 3.05) is 50.6 Å². The smallest absolute Gasteiger partial charge is 0.321 e. The zero-order valence-electron chi connectivity index (χ0n) is 19.7. The molecule has 1 N–H and O–H groups in total. The van der Waals surface area contributed by atoms with Gasteiger partial charge in [-0.2, -0.15) is 0 Å². The minimum absolute atomic E-state index is 0.0781. The van der Waals surface area contributed by atoms with Gasteiger partial charge in [-0.25, -0.2) is 4.79 Å². The highest BCUT2D eigenvalue weighted by Gasteiger charge is 2.21. The normalized spacial score (nSPS) is 13.5. The molecule has 0 saturated carbocycles. The van der Waals surface area contributed by atoms with Crippen LogP contribution in [0.2, 0.25) is 0 Å². The summed E-state index contributed by atoms with van der Waals surface area (Å²) in [5, 5.41) is 3.02. The molecule has 4 rings (SSSR count). The van der Waals surface area contributed by atoms with Gasteiger partial charge in [0.1, 0.15) is 11.5 Å². The van der Waals surface area contributed by atoms with Crippen molar-refractivity contribution >= 4 is 17.4 Å². The summed E-state index contributed by atoms with van der Waals surface area (Å²) in [4.78, 5) is 16.9. The highest BCUT2D eigenvalue weighted by molar-refractivity contribution is 5.89. The Morgan fingerprint density at radius 3 is 2.06 bits per heavy atom. The maximum Gasteiger partial charge on any atom is 0.321 e. The molecule has 178 valence electrons. The number of anilines is 2. The lowest BCUT2D eigenvalue weighted by Crippen LogP contribution is -2.50. The number of nitrogens with zero attached hydrogens (tertiary/aromatic N) is 2. The van der Waals surface area contributed by atoms with E-state index in [1.165, 1.54) is 0 Å². The molecule has 1 heterocycles. The maximum absolute atomic E-state index is 12.8. The Hall–Kier alpha value is -3.71. The number of benzene rings is 3. The van der Waals surface area contributed by atoms with E-state index in [2.05, 4.69) is 22.3 Å². The molecule has 0 unspecified atom stereocenters. The molecular formula is C27H31N3O4. The van der Waals surface area contributed by atoms with Crippen LogP contribution in [-0.2, 0) is 18.0 Å². The van der Waals surface area contributed by atoms with Gasteiger partial charge in [-0.3, -0.25) is 0 Å². The Labute approximate surface area is 200 Å². The number of urea groups is 1. The second-order valence-electron chi connectivity index (χ2n) is 8.14. The zero-order chi connectivity index (χ0) is 23.8. The van der Waals surface area contributed by atoms with Crippen molar-refractivity contribution < 1.29 is 19.0 Å². The van der Waals surface area contributed by atoms with Crippen LogP contribution in [0.15, 0.2) is 72.8 Å². The molecule has 3 aromatic rings. The predicted molar refractivity (Wildman–Crippen MR) is 134 cm³/mol. The minimum Gasteiger partial charge on any atom is -0.497 e. The first-order chi connectivity index (χ1) is 16.6. The van der Waals surface area contributed by atoms with Gasteiger partial charge >= 0.3 is 6.03 Å². The van der Waals surface area contributed by atoms with Crippen LogP contribution in [0.1, 0.15) is 11.1 Å². The first-order valence-corrected chi connectivity index (χ1v) is 11.4. The quantitative estimate of drug-likeness (QED) is 0.523. The van der Waals surface area contributed by atoms with Crippen molar-refractivity contribution in [3.05, 3.63) is 83.9 Å². The van der Waals surface area contributed by atoms with Crippen LogP contribution >= 0.6 is 0 Å². The summed E-state index contributed by atoms with van der Waals surface area (Å²) in [6, 6.07) is 23.6. The van der Waals surface area contributed by atoms with Crippen LogP contribution < -0.4 is 19.7 Å². The Balaban J connectivity index is 1.24. The van der Waals surface area contributed by atoms with E-state index in [4.69, 9.17) is 14.2 Å². The average Bonchev–Trinajstić information content (AvgIpc) is 2.89. The number of rotatable bonds is 8. The van der Waals surface area contributed by atoms with Gasteiger partial charge in [0.2, 0.25) is 0 Å². The van der Waals surface area contributed by atoms with E-state index in [1.807, 2.05) is 65.6 Å². The van der Waals surface area contributed by atoms with Crippen LogP contribution in [-0.4, -0.2) is 51.3 Å². The number of amides is 2. The second kappa shape index (κ2) is 11.4. The van der Waals surface area contributed by atoms with Gasteiger partial charge < -0.3 is 29.3 Å². The SMILES string of the molecule is COc1ccc(COCc2cccc(NC(=O)N3CCN(c4ccc(OC)cc4)CC3)c2)cc1. The zero-order valence-corrected chi connectivity index (χ0v) is 19.7. The molecule has 0 atom stereocenters. The molecule has 3 aromatic carbocycles. The molecule has 1 fully saturated rings. The van der Waals surface area contributed by atoms with Gasteiger partial charge in [-0.15, -0.1) is 0 Å². The third-order valence-corrected chi connectivity index (χ3v) is 5.88. The molecule has 0 radical (unpaired) electrons. The van der Waals surface area contributed by atoms with Crippen molar-refractivity contribution in [2.24, 2.45) is 0 Å². The first kappa shape index (κ1) is 23.4. The van der Waals surface area contributed by atoms with E-state index in [0.717, 1.165) is 47.1 Å². The van der Waals surface area contributed by atoms with E-state index >= 15 is 0 Å². The maximum atomic E-state index is 12.8. The standard InChI is InChI=1S/C27H31N3O4/c1-32-25-10-6-21(7-11-25)19-34-20-22-4-3-5-23(18-22)28-27(31)30-16-14-29(15-17-30)24-8-12-26(33-2)13-9-24/h3-13,18H,14-17,19-20H2,1-2H3,(H,28,31). The topological polar surface area (TPSA) is 63.3 Å². The number of ether oxygens (including phenoxy) is 3. The highest BCUT2D eigenvalue weighted by Crippen LogP contribution is 2.21. The molecule has 7 nitrogen and oxygen atoms in total. The van der Waals surface area contributed by atoms with Crippen LogP contribution in [0, 0.1) is 0 Å². The molecule has 0 aliphatic carbocycles. The third kappa shape index (κ3) is 6.20. The fraction of sp³-hybridized carbons (Fsp3) is 0.296. The monoisotopic (exact) mass is 461 g/mol. The van der Waals surface area contributed by atoms with E-state index in [-0.39, 0.29) is 6.03 Å². The molecule has 0 spiro atoms. The van der Waals surface area contributed by atoms with Crippen LogP contribution in [0.25, 0.3) is 0 Å². The number of hydrogen-bond donors (Lipinski definition) is 1. The second-order valence-corrected chi connectivity index (χ2v) is 8.14. The molecule has 0 aromatic heterocycles. The lowest BCUT2D eigenvalue weighted by molar-refractivity contribution is 0.107. The van der Waals surface area contributed by atoms with Crippen LogP contribution in [0.4, 0.5) is 16.2 Å². The fourth-order valence-corrected chi connectivity index (χ4v) is 3.91. The molecule has 34 heavy (non-hydrogen) atoms. The van der Waals surface area contributed by atoms with Gasteiger partial charge in [0.25, 0.3) is 0 Å². The van der Waals surface area contributed by atoms with E-state index in [1.54, 1.807) is 14.2 Å². The fourth-order valence-electron chi connectivity index (χ4n) is 3.91. The van der Waals surface area contributed by atoms with Crippen molar-refractivity contribution in [1.29, 1.82) is 0 Å². The first-order valence-electron chi connectivity index (χ1n) is 11.4. The third-order valence-electron chi connectivity index (χ3n) is 5.88. The van der Waals surface area contributed by atoms with Crippen LogP contribution in [0.5, 0.6) is 11.5 Å². The van der Waals surface area contributed by atoms with Crippen LogP contribution in [0.3, 0.4) is 0 Å². The summed E-state index contributed by atoms with van der Waals surface area (Å²) in [7, 11) is 3.32. The van der Waals surface area contributed by atoms with Crippen molar-refractivity contribution in [3.63, 3.8) is 0 Å².